The number of aliphatic hydroxyl groups excluding tert-OH is 5. The zero-order valence-corrected chi connectivity index (χ0v) is 53.3. The standard InChI is InChI=1S/C70H93NO21/c1-9-35-83-65(78)61-56(73)42-70(82-8)41-54-39-58(91-67(90-54)48-27-31-50(81-7)32-28-48)55(72)34-33-52-37-53(89-66(87-52)47-25-29-49(80-6)30-26-47)40-60(75)86-46(5)45(4)63(76)44(3)23-21-19-17-15-13-11-12-14-16-18-20-22-24-51(38-59(61)92-70)88-68-64(77)62(57(74)43-85-68)71-69(79)84-36-10-2/h9-32,44-46,51-59,61-64,66-68,72-74,76-77H,1-2,33-43H2,3-8H3,(H,71,79)/b12-11+,15-13+,16-14+,19-17+,20-18+,23-21+,24-22+/t44-,45-,46-,51?,52?,53+,54?,55?,56-,57+,58?,59-,61+,62-,63+,64-,66?,67?,68?,70?/m0/s1. The van der Waals surface area contributed by atoms with Crippen LogP contribution in [0.2, 0.25) is 0 Å². The number of aliphatic hydroxyl groups is 5. The van der Waals surface area contributed by atoms with Crippen molar-refractivity contribution in [2.24, 2.45) is 17.8 Å². The Balaban J connectivity index is 1.22. The van der Waals surface area contributed by atoms with E-state index in [0.717, 1.165) is 0 Å². The summed E-state index contributed by atoms with van der Waals surface area (Å²) < 4.78 is 79.4. The van der Waals surface area contributed by atoms with Crippen LogP contribution in [0.3, 0.4) is 0 Å². The Morgan fingerprint density at radius 3 is 1.79 bits per heavy atom. The molecule has 22 heteroatoms. The molecule has 2 aromatic carbocycles. The third-order valence-electron chi connectivity index (χ3n) is 16.9. The van der Waals surface area contributed by atoms with Crippen LogP contribution in [0.25, 0.3) is 0 Å². The number of esters is 2. The van der Waals surface area contributed by atoms with Gasteiger partial charge in [0.15, 0.2) is 24.7 Å². The summed E-state index contributed by atoms with van der Waals surface area (Å²) in [5.41, 5.74) is 1.29. The van der Waals surface area contributed by atoms with Gasteiger partial charge in [-0.1, -0.05) is 148 Å². The molecule has 92 heavy (non-hydrogen) atoms. The molecule has 6 bridgehead atoms. The topological polar surface area (TPSA) is 284 Å². The van der Waals surface area contributed by atoms with Crippen LogP contribution < -0.4 is 14.8 Å². The summed E-state index contributed by atoms with van der Waals surface area (Å²) in [6.45, 7) is 12.1. The number of amides is 1. The predicted molar refractivity (Wildman–Crippen MR) is 338 cm³/mol. The first-order valence-electron chi connectivity index (χ1n) is 31.4. The van der Waals surface area contributed by atoms with Gasteiger partial charge >= 0.3 is 18.0 Å². The van der Waals surface area contributed by atoms with Gasteiger partial charge in [0.1, 0.15) is 48.9 Å². The van der Waals surface area contributed by atoms with Gasteiger partial charge in [0.25, 0.3) is 0 Å². The van der Waals surface area contributed by atoms with Gasteiger partial charge in [0, 0.05) is 62.2 Å². The number of methoxy groups -OCH3 is 3. The maximum Gasteiger partial charge on any atom is 0.407 e. The van der Waals surface area contributed by atoms with E-state index in [0.29, 0.717) is 29.0 Å². The number of carbonyl (C=O) groups excluding carboxylic acids is 3. The molecule has 4 fully saturated rings. The molecule has 0 spiro atoms. The number of nitrogens with one attached hydrogen (secondary N) is 1. The third kappa shape index (κ3) is 21.5. The van der Waals surface area contributed by atoms with E-state index >= 15 is 0 Å². The van der Waals surface area contributed by atoms with E-state index in [1.54, 1.807) is 87.9 Å². The van der Waals surface area contributed by atoms with Crippen molar-refractivity contribution in [1.82, 2.24) is 5.32 Å². The van der Waals surface area contributed by atoms with Gasteiger partial charge in [-0.2, -0.15) is 0 Å². The molecule has 20 atom stereocenters. The number of rotatable bonds is 13. The van der Waals surface area contributed by atoms with E-state index < -0.39 is 134 Å². The number of hydrogen-bond acceptors (Lipinski definition) is 21. The first-order chi connectivity index (χ1) is 44.4. The molecule has 9 unspecified atom stereocenters. The van der Waals surface area contributed by atoms with E-state index in [4.69, 9.17) is 61.6 Å². The fourth-order valence-corrected chi connectivity index (χ4v) is 11.6. The molecule has 0 aliphatic carbocycles. The monoisotopic (exact) mass is 1280 g/mol. The minimum atomic E-state index is -1.67. The molecule has 0 saturated carbocycles. The van der Waals surface area contributed by atoms with E-state index in [1.165, 1.54) is 19.3 Å². The number of allylic oxidation sites excluding steroid dienone is 12. The Bertz CT molecular complexity index is 2850. The fraction of sp³-hybridized carbons (Fsp3) is 0.529. The average molecular weight is 1280 g/mol. The number of hydrogen-bond donors (Lipinski definition) is 6. The van der Waals surface area contributed by atoms with Crippen molar-refractivity contribution >= 4 is 18.0 Å². The minimum absolute atomic E-state index is 0.0590. The van der Waals surface area contributed by atoms with Gasteiger partial charge in [-0.3, -0.25) is 9.59 Å². The first-order valence-corrected chi connectivity index (χ1v) is 31.4. The molecule has 504 valence electrons. The van der Waals surface area contributed by atoms with E-state index in [9.17, 15) is 39.9 Å². The molecule has 5 heterocycles. The zero-order chi connectivity index (χ0) is 66.2. The average Bonchev–Trinajstić information content (AvgIpc) is 0.805. The number of cyclic esters (lactones) is 1. The maximum atomic E-state index is 14.1. The van der Waals surface area contributed by atoms with Crippen LogP contribution in [-0.2, 0) is 61.7 Å². The molecule has 2 aromatic rings. The van der Waals surface area contributed by atoms with Gasteiger partial charge in [-0.15, -0.1) is 0 Å². The zero-order valence-electron chi connectivity index (χ0n) is 53.3. The third-order valence-corrected chi connectivity index (χ3v) is 16.9. The van der Waals surface area contributed by atoms with Gasteiger partial charge in [0.05, 0.1) is 88.2 Å². The van der Waals surface area contributed by atoms with Crippen LogP contribution in [0.4, 0.5) is 4.79 Å². The molecule has 5 aliphatic heterocycles. The molecule has 22 nitrogen and oxygen atoms in total. The van der Waals surface area contributed by atoms with E-state index in [2.05, 4.69) is 18.5 Å². The highest BCUT2D eigenvalue weighted by Gasteiger charge is 2.53. The highest BCUT2D eigenvalue weighted by atomic mass is 16.7. The van der Waals surface area contributed by atoms with Crippen molar-refractivity contribution in [3.63, 3.8) is 0 Å². The second kappa shape index (κ2) is 36.7. The quantitative estimate of drug-likeness (QED) is 0.0627. The Morgan fingerprint density at radius 2 is 1.20 bits per heavy atom. The van der Waals surface area contributed by atoms with Gasteiger partial charge in [-0.25, -0.2) is 4.79 Å². The van der Waals surface area contributed by atoms with Crippen LogP contribution in [0.5, 0.6) is 11.5 Å². The summed E-state index contributed by atoms with van der Waals surface area (Å²) in [4.78, 5) is 40.6. The van der Waals surface area contributed by atoms with Crippen molar-refractivity contribution in [1.29, 1.82) is 0 Å². The molecule has 1 amide bonds. The van der Waals surface area contributed by atoms with Crippen molar-refractivity contribution in [3.05, 3.63) is 170 Å². The minimum Gasteiger partial charge on any atom is -0.497 e. The molecule has 5 aliphatic rings. The van der Waals surface area contributed by atoms with Crippen molar-refractivity contribution in [3.8, 4) is 11.5 Å². The molecule has 7 rings (SSSR count). The van der Waals surface area contributed by atoms with Crippen LogP contribution in [0.15, 0.2) is 159 Å². The number of carbonyl (C=O) groups is 3. The van der Waals surface area contributed by atoms with Crippen molar-refractivity contribution in [2.45, 2.75) is 176 Å². The van der Waals surface area contributed by atoms with Gasteiger partial charge in [0.2, 0.25) is 0 Å². The SMILES string of the molecule is C=CCOC(=O)N[C@H]1[C@H](O)COC(OC2/C=C/C=C/C=C/C=C/C=C/C=C/C=C/[C@H](C)[C@@H](O)[C@@H](C)[C@H](C)OC(=O)C[C@H]3CC(CCC(O)C4CC(CC5(OC)C[C@H](O)[C@@H](C(=O)OCC=C)[C@H](C2)O5)OC(c2ccc(OC)cc2)O4)OC(c2ccc(OC)cc2)O3)[C@H]1O. The summed E-state index contributed by atoms with van der Waals surface area (Å²) in [6, 6.07) is 13.0. The first kappa shape index (κ1) is 72.8. The Morgan fingerprint density at radius 1 is 0.630 bits per heavy atom. The lowest BCUT2D eigenvalue weighted by atomic mass is 9.82. The Labute approximate surface area is 539 Å². The summed E-state index contributed by atoms with van der Waals surface area (Å²) in [5, 5.41) is 60.9. The summed E-state index contributed by atoms with van der Waals surface area (Å²) in [7, 11) is 4.53. The molecular weight excluding hydrogens is 1190 g/mol. The highest BCUT2D eigenvalue weighted by Crippen LogP contribution is 2.44. The summed E-state index contributed by atoms with van der Waals surface area (Å²) >= 11 is 0. The lowest BCUT2D eigenvalue weighted by molar-refractivity contribution is -0.332. The van der Waals surface area contributed by atoms with Gasteiger partial charge in [-0.05, 0) is 44.0 Å². The second-order valence-corrected chi connectivity index (χ2v) is 23.5. The molecule has 4 saturated heterocycles. The molecule has 6 N–H and O–H groups in total. The van der Waals surface area contributed by atoms with Crippen LogP contribution in [-0.4, -0.2) is 176 Å². The van der Waals surface area contributed by atoms with Crippen LogP contribution in [0.1, 0.15) is 95.8 Å². The Hall–Kier alpha value is -6.61. The lowest BCUT2D eigenvalue weighted by Crippen LogP contribution is -2.61. The predicted octanol–water partition coefficient (Wildman–Crippen LogP) is 8.11. The second-order valence-electron chi connectivity index (χ2n) is 23.5. The van der Waals surface area contributed by atoms with E-state index in [-0.39, 0.29) is 70.7 Å². The van der Waals surface area contributed by atoms with Crippen LogP contribution >= 0.6 is 0 Å². The number of benzene rings is 2. The smallest absolute Gasteiger partial charge is 0.407 e. The number of fused-ring (bicyclic) bond motifs is 6. The maximum absolute atomic E-state index is 14.1. The lowest BCUT2D eigenvalue weighted by Gasteiger charge is -2.48. The number of alkyl carbamates (subject to hydrolysis) is 1. The highest BCUT2D eigenvalue weighted by molar-refractivity contribution is 5.74. The van der Waals surface area contributed by atoms with E-state index in [1.807, 2.05) is 80.7 Å². The van der Waals surface area contributed by atoms with Crippen LogP contribution in [0, 0.1) is 17.8 Å². The fourth-order valence-electron chi connectivity index (χ4n) is 11.6. The molecule has 0 aromatic heterocycles. The van der Waals surface area contributed by atoms with Crippen molar-refractivity contribution in [2.75, 3.05) is 41.2 Å². The Kier molecular flexibility index (Phi) is 29.1. The summed E-state index contributed by atoms with van der Waals surface area (Å²) in [6.07, 6.45) is 11.7. The number of ether oxygens (including phenoxy) is 13. The molecular formula is C70H93NO21. The van der Waals surface area contributed by atoms with Crippen molar-refractivity contribution < 1.29 is 101 Å². The van der Waals surface area contributed by atoms with Gasteiger partial charge < -0.3 is 92.4 Å². The molecule has 0 radical (unpaired) electrons. The summed E-state index contributed by atoms with van der Waals surface area (Å²) in [5.74, 6) is -3.77. The normalized spacial score (nSPS) is 37.2. The largest absolute Gasteiger partial charge is 0.497 e.